The van der Waals surface area contributed by atoms with E-state index >= 15 is 0 Å². The van der Waals surface area contributed by atoms with E-state index in [-0.39, 0.29) is 24.8 Å². The average molecular weight is 395 g/mol. The lowest BCUT2D eigenvalue weighted by atomic mass is 10.1. The minimum atomic E-state index is -1.25. The molecule has 154 valence electrons. The highest BCUT2D eigenvalue weighted by molar-refractivity contribution is 5.70. The number of amides is 2. The fraction of sp³-hybridized carbons (Fsp3) is 0.579. The molecule has 28 heavy (non-hydrogen) atoms. The summed E-state index contributed by atoms with van der Waals surface area (Å²) in [6.07, 6.45) is -2.23. The summed E-state index contributed by atoms with van der Waals surface area (Å²) in [5, 5.41) is 10.3. The van der Waals surface area contributed by atoms with Gasteiger partial charge >= 0.3 is 12.2 Å². The molecule has 2 aliphatic rings. The Bertz CT molecular complexity index is 744. The normalized spacial score (nSPS) is 18.9. The number of carbonyl (C=O) groups is 2. The van der Waals surface area contributed by atoms with Crippen LogP contribution in [0.25, 0.3) is 0 Å². The lowest BCUT2D eigenvalue weighted by Crippen LogP contribution is -2.50. The number of carbonyl (C=O) groups excluding carboxylic acids is 2. The lowest BCUT2D eigenvalue weighted by Gasteiger charge is -2.37. The first-order valence-electron chi connectivity index (χ1n) is 9.29. The zero-order valence-corrected chi connectivity index (χ0v) is 16.4. The molecule has 3 rings (SSSR count). The van der Waals surface area contributed by atoms with E-state index in [9.17, 15) is 19.1 Å². The predicted molar refractivity (Wildman–Crippen MR) is 99.4 cm³/mol. The van der Waals surface area contributed by atoms with Gasteiger partial charge in [0.1, 0.15) is 18.0 Å². The Morgan fingerprint density at radius 2 is 1.89 bits per heavy atom. The number of benzene rings is 1. The van der Waals surface area contributed by atoms with Gasteiger partial charge in [-0.05, 0) is 32.9 Å². The van der Waals surface area contributed by atoms with Crippen molar-refractivity contribution in [1.82, 2.24) is 9.80 Å². The molecule has 1 aromatic carbocycles. The van der Waals surface area contributed by atoms with E-state index in [4.69, 9.17) is 9.47 Å². The zero-order chi connectivity index (χ0) is 20.5. The van der Waals surface area contributed by atoms with Crippen LogP contribution in [-0.4, -0.2) is 72.0 Å². The van der Waals surface area contributed by atoms with Gasteiger partial charge in [-0.25, -0.2) is 14.0 Å². The van der Waals surface area contributed by atoms with Crippen LogP contribution in [0, 0.1) is 5.82 Å². The van der Waals surface area contributed by atoms with Crippen molar-refractivity contribution in [2.75, 3.05) is 44.2 Å². The highest BCUT2D eigenvalue weighted by atomic mass is 19.1. The first-order chi connectivity index (χ1) is 13.2. The van der Waals surface area contributed by atoms with Crippen LogP contribution in [0.1, 0.15) is 32.6 Å². The molecule has 1 aromatic rings. The van der Waals surface area contributed by atoms with Crippen LogP contribution in [0.5, 0.6) is 0 Å². The third-order valence-electron chi connectivity index (χ3n) is 4.63. The van der Waals surface area contributed by atoms with Gasteiger partial charge in [-0.15, -0.1) is 0 Å². The Labute approximate surface area is 163 Å². The maximum Gasteiger partial charge on any atom is 0.412 e. The summed E-state index contributed by atoms with van der Waals surface area (Å²) in [5.74, 6) is -0.491. The number of hydrogen-bond donors (Lipinski definition) is 1. The van der Waals surface area contributed by atoms with Gasteiger partial charge in [-0.3, -0.25) is 4.90 Å². The van der Waals surface area contributed by atoms with Crippen molar-refractivity contribution in [3.05, 3.63) is 29.6 Å². The van der Waals surface area contributed by atoms with Gasteiger partial charge in [0.15, 0.2) is 6.23 Å². The van der Waals surface area contributed by atoms with E-state index in [2.05, 4.69) is 0 Å². The minimum Gasteiger partial charge on any atom is -0.447 e. The number of piperazine rings is 1. The van der Waals surface area contributed by atoms with Crippen LogP contribution in [0.4, 0.5) is 19.7 Å². The fourth-order valence-electron chi connectivity index (χ4n) is 3.20. The number of cyclic esters (lactones) is 1. The van der Waals surface area contributed by atoms with E-state index in [0.717, 1.165) is 4.90 Å². The summed E-state index contributed by atoms with van der Waals surface area (Å²) in [5.41, 5.74) is 0.120. The van der Waals surface area contributed by atoms with Crippen molar-refractivity contribution in [2.45, 2.75) is 32.6 Å². The van der Waals surface area contributed by atoms with Crippen LogP contribution in [-0.2, 0) is 9.47 Å². The number of halogens is 1. The first-order valence-corrected chi connectivity index (χ1v) is 9.29. The van der Waals surface area contributed by atoms with E-state index in [1.165, 1.54) is 6.07 Å². The molecule has 1 N–H and O–H groups in total. The Balaban J connectivity index is 1.62. The monoisotopic (exact) mass is 395 g/mol. The Morgan fingerprint density at radius 3 is 2.43 bits per heavy atom. The largest absolute Gasteiger partial charge is 0.447 e. The smallest absolute Gasteiger partial charge is 0.412 e. The second-order valence-corrected chi connectivity index (χ2v) is 7.85. The Morgan fingerprint density at radius 1 is 1.21 bits per heavy atom. The summed E-state index contributed by atoms with van der Waals surface area (Å²) in [6.45, 7) is 7.70. The molecule has 0 spiro atoms. The molecule has 0 unspecified atom stereocenters. The molecule has 0 saturated carbocycles. The highest BCUT2D eigenvalue weighted by Crippen LogP contribution is 2.27. The summed E-state index contributed by atoms with van der Waals surface area (Å²) in [4.78, 5) is 28.3. The quantitative estimate of drug-likeness (QED) is 0.846. The van der Waals surface area contributed by atoms with Crippen LogP contribution < -0.4 is 4.90 Å². The standard InChI is InChI=1S/C19H26FN3O5/c1-19(2,3)28-17(25)22-8-6-21(7-9-22)15-5-4-13(12-14(15)20)16(24)23-10-11-27-18(23)26/h4-5,12,16,24H,6-11H2,1-3H3/t16-/m1/s1. The zero-order valence-electron chi connectivity index (χ0n) is 16.4. The summed E-state index contributed by atoms with van der Waals surface area (Å²) in [6, 6.07) is 4.40. The Kier molecular flexibility index (Phi) is 5.64. The van der Waals surface area contributed by atoms with Gasteiger partial charge in [-0.2, -0.15) is 0 Å². The minimum absolute atomic E-state index is 0.207. The third kappa shape index (κ3) is 4.46. The third-order valence-corrected chi connectivity index (χ3v) is 4.63. The lowest BCUT2D eigenvalue weighted by molar-refractivity contribution is 0.0239. The molecule has 2 heterocycles. The highest BCUT2D eigenvalue weighted by Gasteiger charge is 2.31. The molecule has 2 aliphatic heterocycles. The first kappa shape index (κ1) is 20.2. The number of aliphatic hydroxyl groups is 1. The van der Waals surface area contributed by atoms with Crippen LogP contribution in [0.3, 0.4) is 0 Å². The molecule has 0 bridgehead atoms. The van der Waals surface area contributed by atoms with Gasteiger partial charge in [0.25, 0.3) is 0 Å². The molecule has 0 radical (unpaired) electrons. The predicted octanol–water partition coefficient (Wildman–Crippen LogP) is 2.33. The molecule has 2 amide bonds. The molecule has 8 nitrogen and oxygen atoms in total. The molecule has 2 fully saturated rings. The van der Waals surface area contributed by atoms with E-state index in [0.29, 0.717) is 31.9 Å². The van der Waals surface area contributed by atoms with Gasteiger partial charge in [-0.1, -0.05) is 6.07 Å². The Hall–Kier alpha value is -2.55. The van der Waals surface area contributed by atoms with E-state index < -0.39 is 23.7 Å². The SMILES string of the molecule is CC(C)(C)OC(=O)N1CCN(c2ccc([C@@H](O)N3CCOC3=O)cc2F)CC1. The van der Waals surface area contributed by atoms with Crippen molar-refractivity contribution in [2.24, 2.45) is 0 Å². The second-order valence-electron chi connectivity index (χ2n) is 7.85. The number of aliphatic hydroxyl groups excluding tert-OH is 1. The maximum absolute atomic E-state index is 14.7. The summed E-state index contributed by atoms with van der Waals surface area (Å²) in [7, 11) is 0. The van der Waals surface area contributed by atoms with Crippen LogP contribution in [0.2, 0.25) is 0 Å². The van der Waals surface area contributed by atoms with Gasteiger partial charge in [0.2, 0.25) is 0 Å². The summed E-state index contributed by atoms with van der Waals surface area (Å²) >= 11 is 0. The number of rotatable bonds is 3. The maximum atomic E-state index is 14.7. The van der Waals surface area contributed by atoms with Crippen LogP contribution >= 0.6 is 0 Å². The van der Waals surface area contributed by atoms with Gasteiger partial charge in [0.05, 0.1) is 12.2 Å². The van der Waals surface area contributed by atoms with E-state index in [1.807, 2.05) is 25.7 Å². The van der Waals surface area contributed by atoms with Crippen molar-refractivity contribution in [3.8, 4) is 0 Å². The number of hydrogen-bond acceptors (Lipinski definition) is 6. The molecule has 0 aliphatic carbocycles. The fourth-order valence-corrected chi connectivity index (χ4v) is 3.20. The average Bonchev–Trinajstić information content (AvgIpc) is 3.05. The van der Waals surface area contributed by atoms with Crippen molar-refractivity contribution in [1.29, 1.82) is 0 Å². The second kappa shape index (κ2) is 7.83. The molecule has 9 heteroatoms. The molecule has 0 aromatic heterocycles. The topological polar surface area (TPSA) is 82.6 Å². The van der Waals surface area contributed by atoms with E-state index in [1.54, 1.807) is 17.0 Å². The van der Waals surface area contributed by atoms with Crippen LogP contribution in [0.15, 0.2) is 18.2 Å². The number of anilines is 1. The van der Waals surface area contributed by atoms with Gasteiger partial charge < -0.3 is 24.4 Å². The van der Waals surface area contributed by atoms with Crippen molar-refractivity contribution < 1.29 is 28.6 Å². The van der Waals surface area contributed by atoms with Gasteiger partial charge in [0, 0.05) is 31.7 Å². The molecule has 1 atom stereocenters. The number of ether oxygens (including phenoxy) is 2. The summed E-state index contributed by atoms with van der Waals surface area (Å²) < 4.78 is 24.8. The molecular weight excluding hydrogens is 369 g/mol. The number of nitrogens with zero attached hydrogens (tertiary/aromatic N) is 3. The van der Waals surface area contributed by atoms with Crippen molar-refractivity contribution in [3.63, 3.8) is 0 Å². The molecule has 2 saturated heterocycles. The van der Waals surface area contributed by atoms with Crippen molar-refractivity contribution >= 4 is 17.9 Å². The molecular formula is C19H26FN3O5.